The lowest BCUT2D eigenvalue weighted by molar-refractivity contribution is 0.0950. The molecular weight excluding hydrogens is 444 g/mol. The summed E-state index contributed by atoms with van der Waals surface area (Å²) < 4.78 is 10.7. The largest absolute Gasteiger partial charge is 0.496 e. The standard InChI is InChI=1S/C25H23ClN2O3S/c1-30-20-8-5-9-21(31-2)22(20)25(29)27-14-15-32-24-18-6-3-4-7-19(18)28-23(24)16-10-12-17(26)13-11-16/h3-13,28H,14-15H2,1-2H3,(H,27,29). The quantitative estimate of drug-likeness (QED) is 0.246. The molecular formula is C25H23ClN2O3S. The zero-order valence-electron chi connectivity index (χ0n) is 17.8. The van der Waals surface area contributed by atoms with Crippen molar-refractivity contribution < 1.29 is 14.3 Å². The van der Waals surface area contributed by atoms with Gasteiger partial charge in [-0.1, -0.05) is 48.0 Å². The molecule has 0 saturated carbocycles. The van der Waals surface area contributed by atoms with Gasteiger partial charge in [-0.2, -0.15) is 0 Å². The third-order valence-electron chi connectivity index (χ3n) is 5.08. The Morgan fingerprint density at radius 3 is 2.34 bits per heavy atom. The Morgan fingerprint density at radius 1 is 0.969 bits per heavy atom. The van der Waals surface area contributed by atoms with Gasteiger partial charge in [-0.05, 0) is 35.9 Å². The van der Waals surface area contributed by atoms with Crippen LogP contribution in [0.1, 0.15) is 10.4 Å². The Labute approximate surface area is 196 Å². The molecule has 0 aliphatic heterocycles. The van der Waals surface area contributed by atoms with Crippen LogP contribution < -0.4 is 14.8 Å². The van der Waals surface area contributed by atoms with E-state index in [2.05, 4.69) is 22.4 Å². The molecule has 0 unspecified atom stereocenters. The lowest BCUT2D eigenvalue weighted by Gasteiger charge is -2.13. The third kappa shape index (κ3) is 4.56. The first-order valence-corrected chi connectivity index (χ1v) is 11.5. The number of thioether (sulfide) groups is 1. The number of aromatic nitrogens is 1. The minimum absolute atomic E-state index is 0.225. The molecule has 2 N–H and O–H groups in total. The van der Waals surface area contributed by atoms with Crippen LogP contribution in [0, 0.1) is 0 Å². The number of carbonyl (C=O) groups is 1. The van der Waals surface area contributed by atoms with Crippen molar-refractivity contribution in [2.45, 2.75) is 4.90 Å². The number of rotatable bonds is 8. The highest BCUT2D eigenvalue weighted by molar-refractivity contribution is 7.99. The van der Waals surface area contributed by atoms with Gasteiger partial charge in [0, 0.05) is 33.1 Å². The number of hydrogen-bond donors (Lipinski definition) is 2. The summed E-state index contributed by atoms with van der Waals surface area (Å²) in [5.41, 5.74) is 3.58. The van der Waals surface area contributed by atoms with Crippen LogP contribution >= 0.6 is 23.4 Å². The second-order valence-electron chi connectivity index (χ2n) is 7.02. The fourth-order valence-corrected chi connectivity index (χ4v) is 4.75. The fraction of sp³-hybridized carbons (Fsp3) is 0.160. The minimum Gasteiger partial charge on any atom is -0.496 e. The number of para-hydroxylation sites is 1. The van der Waals surface area contributed by atoms with E-state index in [-0.39, 0.29) is 5.91 Å². The van der Waals surface area contributed by atoms with E-state index >= 15 is 0 Å². The fourth-order valence-electron chi connectivity index (χ4n) is 3.57. The number of H-pyrrole nitrogens is 1. The average Bonchev–Trinajstić information content (AvgIpc) is 3.20. The van der Waals surface area contributed by atoms with Gasteiger partial charge in [-0.15, -0.1) is 11.8 Å². The molecule has 0 fully saturated rings. The van der Waals surface area contributed by atoms with Gasteiger partial charge >= 0.3 is 0 Å². The summed E-state index contributed by atoms with van der Waals surface area (Å²) >= 11 is 7.77. The van der Waals surface area contributed by atoms with Crippen LogP contribution in [-0.2, 0) is 0 Å². The van der Waals surface area contributed by atoms with Gasteiger partial charge in [-0.25, -0.2) is 0 Å². The van der Waals surface area contributed by atoms with Gasteiger partial charge in [-0.3, -0.25) is 4.79 Å². The highest BCUT2D eigenvalue weighted by Gasteiger charge is 2.18. The van der Waals surface area contributed by atoms with Crippen molar-refractivity contribution in [3.05, 3.63) is 77.3 Å². The predicted molar refractivity (Wildman–Crippen MR) is 131 cm³/mol. The number of ether oxygens (including phenoxy) is 2. The molecule has 32 heavy (non-hydrogen) atoms. The van der Waals surface area contributed by atoms with Gasteiger partial charge in [0.1, 0.15) is 17.1 Å². The summed E-state index contributed by atoms with van der Waals surface area (Å²) in [6.45, 7) is 0.490. The van der Waals surface area contributed by atoms with Gasteiger partial charge < -0.3 is 19.8 Å². The highest BCUT2D eigenvalue weighted by Crippen LogP contribution is 2.38. The van der Waals surface area contributed by atoms with Crippen LogP contribution in [0.5, 0.6) is 11.5 Å². The van der Waals surface area contributed by atoms with Crippen LogP contribution in [0.3, 0.4) is 0 Å². The molecule has 0 aliphatic rings. The van der Waals surface area contributed by atoms with Crippen molar-refractivity contribution in [2.75, 3.05) is 26.5 Å². The second-order valence-corrected chi connectivity index (χ2v) is 8.57. The van der Waals surface area contributed by atoms with Crippen LogP contribution in [0.2, 0.25) is 5.02 Å². The van der Waals surface area contributed by atoms with Gasteiger partial charge in [0.25, 0.3) is 5.91 Å². The van der Waals surface area contributed by atoms with E-state index in [4.69, 9.17) is 21.1 Å². The lowest BCUT2D eigenvalue weighted by Crippen LogP contribution is -2.26. The van der Waals surface area contributed by atoms with E-state index in [9.17, 15) is 4.79 Å². The number of benzene rings is 3. The van der Waals surface area contributed by atoms with Gasteiger partial charge in [0.2, 0.25) is 0 Å². The molecule has 5 nitrogen and oxygen atoms in total. The monoisotopic (exact) mass is 466 g/mol. The highest BCUT2D eigenvalue weighted by atomic mass is 35.5. The molecule has 1 heterocycles. The molecule has 7 heteroatoms. The number of fused-ring (bicyclic) bond motifs is 1. The first kappa shape index (κ1) is 22.1. The number of amides is 1. The smallest absolute Gasteiger partial charge is 0.258 e. The summed E-state index contributed by atoms with van der Waals surface area (Å²) in [7, 11) is 3.08. The van der Waals surface area contributed by atoms with Crippen molar-refractivity contribution >= 4 is 40.2 Å². The molecule has 0 bridgehead atoms. The summed E-state index contributed by atoms with van der Waals surface area (Å²) in [5, 5.41) is 4.83. The van der Waals surface area contributed by atoms with Crippen LogP contribution in [0.4, 0.5) is 0 Å². The van der Waals surface area contributed by atoms with E-state index < -0.39 is 0 Å². The van der Waals surface area contributed by atoms with Crippen LogP contribution in [0.15, 0.2) is 71.6 Å². The molecule has 0 radical (unpaired) electrons. The normalized spacial score (nSPS) is 10.8. The Kier molecular flexibility index (Phi) is 6.93. The maximum Gasteiger partial charge on any atom is 0.258 e. The topological polar surface area (TPSA) is 63.4 Å². The molecule has 0 spiro atoms. The maximum absolute atomic E-state index is 12.8. The number of methoxy groups -OCH3 is 2. The molecule has 0 saturated heterocycles. The van der Waals surface area contributed by atoms with Gasteiger partial charge in [0.05, 0.1) is 19.9 Å². The van der Waals surface area contributed by atoms with Crippen LogP contribution in [0.25, 0.3) is 22.2 Å². The molecule has 0 atom stereocenters. The molecule has 4 aromatic rings. The first-order valence-electron chi connectivity index (χ1n) is 10.1. The zero-order valence-corrected chi connectivity index (χ0v) is 19.3. The maximum atomic E-state index is 12.8. The minimum atomic E-state index is -0.225. The van der Waals surface area contributed by atoms with Gasteiger partial charge in [0.15, 0.2) is 0 Å². The van der Waals surface area contributed by atoms with E-state index in [0.717, 1.165) is 27.1 Å². The molecule has 0 aliphatic carbocycles. The molecule has 1 aromatic heterocycles. The van der Waals surface area contributed by atoms with E-state index in [1.165, 1.54) is 14.2 Å². The predicted octanol–water partition coefficient (Wildman–Crippen LogP) is 6.03. The molecule has 1 amide bonds. The number of halogens is 1. The molecule has 4 rings (SSSR count). The SMILES string of the molecule is COc1cccc(OC)c1C(=O)NCCSc1c(-c2ccc(Cl)cc2)[nH]c2ccccc12. The van der Waals surface area contributed by atoms with E-state index in [0.29, 0.717) is 34.4 Å². The average molecular weight is 467 g/mol. The Hall–Kier alpha value is -3.09. The Balaban J connectivity index is 1.50. The molecule has 164 valence electrons. The summed E-state index contributed by atoms with van der Waals surface area (Å²) in [6, 6.07) is 21.3. The Bertz CT molecular complexity index is 1220. The second kappa shape index (κ2) is 10.0. The number of hydrogen-bond acceptors (Lipinski definition) is 4. The van der Waals surface area contributed by atoms with E-state index in [1.54, 1.807) is 30.0 Å². The number of nitrogens with one attached hydrogen (secondary N) is 2. The summed E-state index contributed by atoms with van der Waals surface area (Å²) in [4.78, 5) is 17.5. The number of aromatic amines is 1. The van der Waals surface area contributed by atoms with Crippen molar-refractivity contribution in [3.8, 4) is 22.8 Å². The first-order chi connectivity index (χ1) is 15.6. The molecule has 3 aromatic carbocycles. The number of carbonyl (C=O) groups excluding carboxylic acids is 1. The lowest BCUT2D eigenvalue weighted by atomic mass is 10.1. The van der Waals surface area contributed by atoms with Crippen molar-refractivity contribution in [1.29, 1.82) is 0 Å². The summed E-state index contributed by atoms with van der Waals surface area (Å²) in [6.07, 6.45) is 0. The van der Waals surface area contributed by atoms with E-state index in [1.807, 2.05) is 36.4 Å². The van der Waals surface area contributed by atoms with Crippen molar-refractivity contribution in [3.63, 3.8) is 0 Å². The van der Waals surface area contributed by atoms with Crippen LogP contribution in [-0.4, -0.2) is 37.4 Å². The van der Waals surface area contributed by atoms with Crippen molar-refractivity contribution in [1.82, 2.24) is 10.3 Å². The van der Waals surface area contributed by atoms with Crippen molar-refractivity contribution in [2.24, 2.45) is 0 Å². The zero-order chi connectivity index (χ0) is 22.5. The third-order valence-corrected chi connectivity index (χ3v) is 6.45. The summed E-state index contributed by atoms with van der Waals surface area (Å²) in [5.74, 6) is 1.44. The Morgan fingerprint density at radius 2 is 1.66 bits per heavy atom.